The Morgan fingerprint density at radius 3 is 3.33 bits per heavy atom. The molecule has 3 heterocycles. The van der Waals surface area contributed by atoms with Crippen LogP contribution in [0.1, 0.15) is 10.5 Å². The Morgan fingerprint density at radius 2 is 2.56 bits per heavy atom. The SMILES string of the molecule is O=Cc1c(N2CCOCC2CO)nc2sccn12. The summed E-state index contributed by atoms with van der Waals surface area (Å²) in [6.07, 6.45) is 2.64. The lowest BCUT2D eigenvalue weighted by Gasteiger charge is -2.34. The predicted octanol–water partition coefficient (Wildman–Crippen LogP) is 0.406. The Hall–Kier alpha value is -1.44. The van der Waals surface area contributed by atoms with Gasteiger partial charge in [0.1, 0.15) is 5.69 Å². The summed E-state index contributed by atoms with van der Waals surface area (Å²) in [6.45, 7) is 1.67. The molecule has 96 valence electrons. The second-order valence-corrected chi connectivity index (χ2v) is 4.97. The van der Waals surface area contributed by atoms with Gasteiger partial charge in [0.15, 0.2) is 17.1 Å². The van der Waals surface area contributed by atoms with Crippen LogP contribution in [0.3, 0.4) is 0 Å². The van der Waals surface area contributed by atoms with Gasteiger partial charge in [-0.25, -0.2) is 4.98 Å². The van der Waals surface area contributed by atoms with E-state index < -0.39 is 0 Å². The minimum Gasteiger partial charge on any atom is -0.394 e. The van der Waals surface area contributed by atoms with Crippen LogP contribution in [0.5, 0.6) is 0 Å². The summed E-state index contributed by atoms with van der Waals surface area (Å²) in [5.74, 6) is 0.638. The Morgan fingerprint density at radius 1 is 1.67 bits per heavy atom. The highest BCUT2D eigenvalue weighted by Gasteiger charge is 2.27. The van der Waals surface area contributed by atoms with Gasteiger partial charge in [-0.3, -0.25) is 9.20 Å². The number of ether oxygens (including phenoxy) is 1. The van der Waals surface area contributed by atoms with E-state index in [1.54, 1.807) is 4.40 Å². The highest BCUT2D eigenvalue weighted by atomic mass is 32.1. The summed E-state index contributed by atoms with van der Waals surface area (Å²) in [6, 6.07) is -0.137. The molecule has 1 fully saturated rings. The van der Waals surface area contributed by atoms with Gasteiger partial charge in [-0.05, 0) is 0 Å². The fourth-order valence-electron chi connectivity index (χ4n) is 2.20. The normalized spacial score (nSPS) is 20.5. The fraction of sp³-hybridized carbons (Fsp3) is 0.455. The summed E-state index contributed by atoms with van der Waals surface area (Å²) in [4.78, 5) is 18.5. The first-order valence-electron chi connectivity index (χ1n) is 5.71. The Labute approximate surface area is 107 Å². The molecule has 0 aliphatic carbocycles. The number of rotatable bonds is 3. The second-order valence-electron chi connectivity index (χ2n) is 4.10. The third kappa shape index (κ3) is 1.71. The van der Waals surface area contributed by atoms with Crippen molar-refractivity contribution < 1.29 is 14.6 Å². The van der Waals surface area contributed by atoms with E-state index in [2.05, 4.69) is 4.98 Å². The first-order chi connectivity index (χ1) is 8.85. The van der Waals surface area contributed by atoms with Gasteiger partial charge in [0.2, 0.25) is 0 Å². The lowest BCUT2D eigenvalue weighted by atomic mass is 10.2. The van der Waals surface area contributed by atoms with Crippen molar-refractivity contribution >= 4 is 28.4 Å². The molecular formula is C11H13N3O3S. The molecule has 1 saturated heterocycles. The van der Waals surface area contributed by atoms with Crippen LogP contribution in [-0.4, -0.2) is 53.2 Å². The van der Waals surface area contributed by atoms with Crippen LogP contribution >= 0.6 is 11.3 Å². The van der Waals surface area contributed by atoms with Crippen LogP contribution in [0.2, 0.25) is 0 Å². The van der Waals surface area contributed by atoms with E-state index in [1.807, 2.05) is 16.5 Å². The molecule has 18 heavy (non-hydrogen) atoms. The maximum atomic E-state index is 11.3. The third-order valence-corrected chi connectivity index (χ3v) is 3.86. The van der Waals surface area contributed by atoms with Crippen molar-refractivity contribution in [1.82, 2.24) is 9.38 Å². The minimum absolute atomic E-state index is 0.0104. The zero-order chi connectivity index (χ0) is 12.5. The molecule has 1 N–H and O–H groups in total. The van der Waals surface area contributed by atoms with Crippen LogP contribution in [0.15, 0.2) is 11.6 Å². The quantitative estimate of drug-likeness (QED) is 0.816. The van der Waals surface area contributed by atoms with Crippen molar-refractivity contribution in [2.75, 3.05) is 31.3 Å². The molecule has 0 bridgehead atoms. The summed E-state index contributed by atoms with van der Waals surface area (Å²) in [5.41, 5.74) is 0.534. The van der Waals surface area contributed by atoms with E-state index in [0.717, 1.165) is 11.2 Å². The number of aldehydes is 1. The molecule has 1 atom stereocenters. The topological polar surface area (TPSA) is 67.1 Å². The molecule has 0 amide bonds. The molecule has 0 aromatic carbocycles. The van der Waals surface area contributed by atoms with E-state index in [0.29, 0.717) is 31.3 Å². The molecule has 1 unspecified atom stereocenters. The number of hydrogen-bond donors (Lipinski definition) is 1. The number of carbonyl (C=O) groups excluding carboxylic acids is 1. The summed E-state index contributed by atoms with van der Waals surface area (Å²) in [5, 5.41) is 11.3. The van der Waals surface area contributed by atoms with Gasteiger partial charge in [-0.1, -0.05) is 0 Å². The van der Waals surface area contributed by atoms with Gasteiger partial charge < -0.3 is 14.7 Å². The van der Waals surface area contributed by atoms with E-state index in [1.165, 1.54) is 11.3 Å². The highest BCUT2D eigenvalue weighted by molar-refractivity contribution is 7.15. The summed E-state index contributed by atoms with van der Waals surface area (Å²) in [7, 11) is 0. The lowest BCUT2D eigenvalue weighted by molar-refractivity contribution is 0.0721. The van der Waals surface area contributed by atoms with Gasteiger partial charge in [-0.2, -0.15) is 0 Å². The number of fused-ring (bicyclic) bond motifs is 1. The van der Waals surface area contributed by atoms with E-state index in [9.17, 15) is 9.90 Å². The number of carbonyl (C=O) groups is 1. The molecular weight excluding hydrogens is 254 g/mol. The average Bonchev–Trinajstić information content (AvgIpc) is 2.98. The maximum Gasteiger partial charge on any atom is 0.196 e. The maximum absolute atomic E-state index is 11.3. The molecule has 2 aromatic rings. The molecule has 7 heteroatoms. The van der Waals surface area contributed by atoms with E-state index in [4.69, 9.17) is 4.74 Å². The van der Waals surface area contributed by atoms with Crippen molar-refractivity contribution in [3.63, 3.8) is 0 Å². The fourth-order valence-corrected chi connectivity index (χ4v) is 2.91. The van der Waals surface area contributed by atoms with Gasteiger partial charge in [0.05, 0.1) is 25.9 Å². The standard InChI is InChI=1S/C11H13N3O3S/c15-5-8-7-17-3-1-13(8)10-9(6-16)14-2-4-18-11(14)12-10/h2,4,6,8,15H,1,3,5,7H2. The molecule has 0 radical (unpaired) electrons. The number of anilines is 1. The summed E-state index contributed by atoms with van der Waals surface area (Å²) >= 11 is 1.48. The zero-order valence-corrected chi connectivity index (χ0v) is 10.5. The van der Waals surface area contributed by atoms with Crippen molar-refractivity contribution in [1.29, 1.82) is 0 Å². The van der Waals surface area contributed by atoms with Crippen molar-refractivity contribution in [3.8, 4) is 0 Å². The predicted molar refractivity (Wildman–Crippen MR) is 67.5 cm³/mol. The number of hydrogen-bond acceptors (Lipinski definition) is 6. The first-order valence-corrected chi connectivity index (χ1v) is 6.59. The number of aromatic nitrogens is 2. The van der Waals surface area contributed by atoms with Crippen molar-refractivity contribution in [2.24, 2.45) is 0 Å². The van der Waals surface area contributed by atoms with Crippen LogP contribution in [-0.2, 0) is 4.74 Å². The zero-order valence-electron chi connectivity index (χ0n) is 9.65. The monoisotopic (exact) mass is 267 g/mol. The van der Waals surface area contributed by atoms with E-state index >= 15 is 0 Å². The molecule has 6 nitrogen and oxygen atoms in total. The number of aliphatic hydroxyl groups is 1. The van der Waals surface area contributed by atoms with Crippen molar-refractivity contribution in [3.05, 3.63) is 17.3 Å². The highest BCUT2D eigenvalue weighted by Crippen LogP contribution is 2.26. The van der Waals surface area contributed by atoms with Gasteiger partial charge in [0, 0.05) is 18.1 Å². The Kier molecular flexibility index (Phi) is 3.02. The van der Waals surface area contributed by atoms with Crippen LogP contribution in [0.25, 0.3) is 4.96 Å². The third-order valence-electron chi connectivity index (χ3n) is 3.10. The number of morpholine rings is 1. The van der Waals surface area contributed by atoms with Crippen LogP contribution in [0.4, 0.5) is 5.82 Å². The largest absolute Gasteiger partial charge is 0.394 e. The number of thiazole rings is 1. The van der Waals surface area contributed by atoms with Gasteiger partial charge in [-0.15, -0.1) is 11.3 Å². The molecule has 1 aliphatic rings. The molecule has 0 spiro atoms. The molecule has 2 aromatic heterocycles. The Bertz CT molecular complexity index is 565. The number of imidazole rings is 1. The van der Waals surface area contributed by atoms with Crippen molar-refractivity contribution in [2.45, 2.75) is 6.04 Å². The first kappa shape index (κ1) is 11.6. The number of nitrogens with zero attached hydrogens (tertiary/aromatic N) is 3. The second kappa shape index (κ2) is 4.68. The van der Waals surface area contributed by atoms with Crippen LogP contribution in [0, 0.1) is 0 Å². The van der Waals surface area contributed by atoms with Gasteiger partial charge >= 0.3 is 0 Å². The Balaban J connectivity index is 2.06. The summed E-state index contributed by atoms with van der Waals surface area (Å²) < 4.78 is 7.11. The molecule has 3 rings (SSSR count). The average molecular weight is 267 g/mol. The lowest BCUT2D eigenvalue weighted by Crippen LogP contribution is -2.48. The van der Waals surface area contributed by atoms with Crippen LogP contribution < -0.4 is 4.90 Å². The molecule has 0 saturated carbocycles. The van der Waals surface area contributed by atoms with E-state index in [-0.39, 0.29) is 12.6 Å². The molecule has 1 aliphatic heterocycles. The smallest absolute Gasteiger partial charge is 0.196 e. The minimum atomic E-state index is -0.137. The van der Waals surface area contributed by atoms with Gasteiger partial charge in [0.25, 0.3) is 0 Å². The number of aliphatic hydroxyl groups excluding tert-OH is 1.